The van der Waals surface area contributed by atoms with E-state index in [0.29, 0.717) is 10.7 Å². The molecule has 1 aliphatic rings. The van der Waals surface area contributed by atoms with Gasteiger partial charge >= 0.3 is 0 Å². The highest BCUT2D eigenvalue weighted by atomic mass is 35.5. The molecule has 0 atom stereocenters. The number of anilines is 3. The summed E-state index contributed by atoms with van der Waals surface area (Å²) in [7, 11) is 0. The van der Waals surface area contributed by atoms with Crippen molar-refractivity contribution in [1.29, 1.82) is 0 Å². The number of benzene rings is 2. The van der Waals surface area contributed by atoms with E-state index in [2.05, 4.69) is 21.6 Å². The van der Waals surface area contributed by atoms with Crippen LogP contribution in [0.3, 0.4) is 0 Å². The van der Waals surface area contributed by atoms with Crippen molar-refractivity contribution >= 4 is 34.6 Å². The molecule has 1 fully saturated rings. The third-order valence-corrected chi connectivity index (χ3v) is 4.41. The highest BCUT2D eigenvalue weighted by Crippen LogP contribution is 2.26. The summed E-state index contributed by atoms with van der Waals surface area (Å²) in [6.45, 7) is 5.28. The van der Waals surface area contributed by atoms with Crippen LogP contribution >= 0.6 is 11.6 Å². The maximum absolute atomic E-state index is 12.2. The molecule has 0 radical (unpaired) electrons. The van der Waals surface area contributed by atoms with Gasteiger partial charge in [-0.2, -0.15) is 0 Å². The van der Waals surface area contributed by atoms with Gasteiger partial charge in [-0.3, -0.25) is 4.79 Å². The Morgan fingerprint density at radius 2 is 1.92 bits per heavy atom. The van der Waals surface area contributed by atoms with Gasteiger partial charge in [0.2, 0.25) is 5.91 Å². The summed E-state index contributed by atoms with van der Waals surface area (Å²) in [4.78, 5) is 14.5. The average molecular weight is 360 g/mol. The number of rotatable bonds is 5. The number of ether oxygens (including phenoxy) is 1. The normalized spacial score (nSPS) is 14.2. The van der Waals surface area contributed by atoms with Gasteiger partial charge in [0.15, 0.2) is 0 Å². The van der Waals surface area contributed by atoms with Crippen LogP contribution in [0, 0.1) is 6.92 Å². The molecule has 0 saturated carbocycles. The zero-order chi connectivity index (χ0) is 17.6. The third-order valence-electron chi connectivity index (χ3n) is 4.09. The molecule has 1 amide bonds. The van der Waals surface area contributed by atoms with Crippen molar-refractivity contribution in [2.45, 2.75) is 6.92 Å². The first-order chi connectivity index (χ1) is 12.1. The van der Waals surface area contributed by atoms with E-state index in [1.54, 1.807) is 0 Å². The first kappa shape index (κ1) is 17.6. The zero-order valence-electron chi connectivity index (χ0n) is 14.2. The Balaban J connectivity index is 1.62. The van der Waals surface area contributed by atoms with Gasteiger partial charge < -0.3 is 20.3 Å². The molecule has 2 N–H and O–H groups in total. The Labute approximate surface area is 152 Å². The Hall–Kier alpha value is -2.24. The summed E-state index contributed by atoms with van der Waals surface area (Å²) in [6, 6.07) is 13.6. The van der Waals surface area contributed by atoms with Crippen molar-refractivity contribution in [3.8, 4) is 0 Å². The SMILES string of the molecule is Cc1ccc(NC(=O)CNc2ccccc2N2CCOCC2)c(Cl)c1. The number of halogens is 1. The number of hydrogen-bond donors (Lipinski definition) is 2. The quantitative estimate of drug-likeness (QED) is 0.857. The van der Waals surface area contributed by atoms with Crippen LogP contribution < -0.4 is 15.5 Å². The second-order valence-electron chi connectivity index (χ2n) is 6.00. The first-order valence-corrected chi connectivity index (χ1v) is 8.73. The van der Waals surface area contributed by atoms with E-state index in [-0.39, 0.29) is 12.5 Å². The average Bonchev–Trinajstić information content (AvgIpc) is 2.63. The minimum Gasteiger partial charge on any atom is -0.378 e. The second kappa shape index (κ2) is 8.23. The predicted molar refractivity (Wildman–Crippen MR) is 103 cm³/mol. The maximum Gasteiger partial charge on any atom is 0.243 e. The van der Waals surface area contributed by atoms with Crippen molar-refractivity contribution in [3.63, 3.8) is 0 Å². The molecule has 6 heteroatoms. The van der Waals surface area contributed by atoms with Gasteiger partial charge in [0.25, 0.3) is 0 Å². The van der Waals surface area contributed by atoms with Crippen LogP contribution in [0.15, 0.2) is 42.5 Å². The molecule has 1 saturated heterocycles. The van der Waals surface area contributed by atoms with E-state index in [0.717, 1.165) is 43.2 Å². The van der Waals surface area contributed by atoms with E-state index in [4.69, 9.17) is 16.3 Å². The topological polar surface area (TPSA) is 53.6 Å². The summed E-state index contributed by atoms with van der Waals surface area (Å²) < 4.78 is 5.41. The Morgan fingerprint density at radius 1 is 1.16 bits per heavy atom. The molecule has 2 aromatic rings. The lowest BCUT2D eigenvalue weighted by atomic mass is 10.2. The molecule has 1 heterocycles. The van der Waals surface area contributed by atoms with Crippen molar-refractivity contribution in [1.82, 2.24) is 0 Å². The van der Waals surface area contributed by atoms with Crippen LogP contribution in [-0.4, -0.2) is 38.8 Å². The molecular weight excluding hydrogens is 338 g/mol. The number of carbonyl (C=O) groups excluding carboxylic acids is 1. The summed E-state index contributed by atoms with van der Waals surface area (Å²) in [5, 5.41) is 6.61. The van der Waals surface area contributed by atoms with Crippen molar-refractivity contribution in [2.75, 3.05) is 48.4 Å². The van der Waals surface area contributed by atoms with Gasteiger partial charge in [-0.1, -0.05) is 29.8 Å². The molecule has 2 aromatic carbocycles. The van der Waals surface area contributed by atoms with Crippen LogP contribution in [0.25, 0.3) is 0 Å². The minimum atomic E-state index is -0.137. The molecule has 0 aromatic heterocycles. The Morgan fingerprint density at radius 3 is 2.68 bits per heavy atom. The molecule has 25 heavy (non-hydrogen) atoms. The standard InChI is InChI=1S/C19H22ClN3O2/c1-14-6-7-16(15(20)12-14)22-19(24)13-21-17-4-2-3-5-18(17)23-8-10-25-11-9-23/h2-7,12,21H,8-11,13H2,1H3,(H,22,24). The van der Waals surface area contributed by atoms with E-state index in [9.17, 15) is 4.79 Å². The molecule has 0 unspecified atom stereocenters. The summed E-state index contributed by atoms with van der Waals surface area (Å²) in [6.07, 6.45) is 0. The molecule has 3 rings (SSSR count). The smallest absolute Gasteiger partial charge is 0.243 e. The maximum atomic E-state index is 12.2. The molecule has 5 nitrogen and oxygen atoms in total. The van der Waals surface area contributed by atoms with Crippen LogP contribution in [0.4, 0.5) is 17.1 Å². The van der Waals surface area contributed by atoms with Crippen LogP contribution in [0.1, 0.15) is 5.56 Å². The number of amides is 1. The lowest BCUT2D eigenvalue weighted by Gasteiger charge is -2.30. The van der Waals surface area contributed by atoms with E-state index >= 15 is 0 Å². The largest absolute Gasteiger partial charge is 0.378 e. The molecule has 0 aliphatic carbocycles. The van der Waals surface area contributed by atoms with Crippen LogP contribution in [0.5, 0.6) is 0 Å². The number of nitrogens with zero attached hydrogens (tertiary/aromatic N) is 1. The zero-order valence-corrected chi connectivity index (χ0v) is 15.0. The molecule has 0 bridgehead atoms. The highest BCUT2D eigenvalue weighted by Gasteiger charge is 2.15. The summed E-state index contributed by atoms with van der Waals surface area (Å²) >= 11 is 6.16. The first-order valence-electron chi connectivity index (χ1n) is 8.35. The highest BCUT2D eigenvalue weighted by molar-refractivity contribution is 6.33. The van der Waals surface area contributed by atoms with Crippen molar-refractivity contribution in [3.05, 3.63) is 53.1 Å². The van der Waals surface area contributed by atoms with Gasteiger partial charge in [0.05, 0.1) is 41.8 Å². The number of para-hydroxylation sites is 2. The predicted octanol–water partition coefficient (Wildman–Crippen LogP) is 3.54. The number of aryl methyl sites for hydroxylation is 1. The van der Waals surface area contributed by atoms with Crippen molar-refractivity contribution < 1.29 is 9.53 Å². The molecular formula is C19H22ClN3O2. The number of carbonyl (C=O) groups is 1. The van der Waals surface area contributed by atoms with E-state index < -0.39 is 0 Å². The number of hydrogen-bond acceptors (Lipinski definition) is 4. The molecule has 0 spiro atoms. The van der Waals surface area contributed by atoms with Crippen molar-refractivity contribution in [2.24, 2.45) is 0 Å². The van der Waals surface area contributed by atoms with Gasteiger partial charge in [0.1, 0.15) is 0 Å². The number of nitrogens with one attached hydrogen (secondary N) is 2. The van der Waals surface area contributed by atoms with Crippen LogP contribution in [0.2, 0.25) is 5.02 Å². The fourth-order valence-electron chi connectivity index (χ4n) is 2.79. The van der Waals surface area contributed by atoms with Crippen LogP contribution in [-0.2, 0) is 9.53 Å². The van der Waals surface area contributed by atoms with Gasteiger partial charge in [0, 0.05) is 13.1 Å². The van der Waals surface area contributed by atoms with E-state index in [1.165, 1.54) is 0 Å². The van der Waals surface area contributed by atoms with Gasteiger partial charge in [-0.05, 0) is 36.8 Å². The second-order valence-corrected chi connectivity index (χ2v) is 6.41. The monoisotopic (exact) mass is 359 g/mol. The lowest BCUT2D eigenvalue weighted by Crippen LogP contribution is -2.36. The Bertz CT molecular complexity index is 745. The third kappa shape index (κ3) is 4.65. The molecule has 1 aliphatic heterocycles. The fourth-order valence-corrected chi connectivity index (χ4v) is 3.08. The summed E-state index contributed by atoms with van der Waals surface area (Å²) in [5.74, 6) is -0.137. The summed E-state index contributed by atoms with van der Waals surface area (Å²) in [5.41, 5.74) is 3.71. The minimum absolute atomic E-state index is 0.137. The van der Waals surface area contributed by atoms with E-state index in [1.807, 2.05) is 43.3 Å². The lowest BCUT2D eigenvalue weighted by molar-refractivity contribution is -0.114. The Kier molecular flexibility index (Phi) is 5.79. The van der Waals surface area contributed by atoms with Gasteiger partial charge in [-0.15, -0.1) is 0 Å². The molecule has 132 valence electrons. The fraction of sp³-hybridized carbons (Fsp3) is 0.316. The number of morpholine rings is 1. The van der Waals surface area contributed by atoms with Gasteiger partial charge in [-0.25, -0.2) is 0 Å².